The van der Waals surface area contributed by atoms with Crippen molar-refractivity contribution in [1.82, 2.24) is 14.8 Å². The Balaban J connectivity index is 1.28. The molecule has 1 aromatic carbocycles. The van der Waals surface area contributed by atoms with Gasteiger partial charge in [-0.05, 0) is 67.8 Å². The van der Waals surface area contributed by atoms with Gasteiger partial charge in [-0.15, -0.1) is 11.3 Å². The molecule has 6 atom stereocenters. The molecule has 1 saturated carbocycles. The fraction of sp³-hybridized carbons (Fsp3) is 0.655. The minimum atomic E-state index is -0.506. The summed E-state index contributed by atoms with van der Waals surface area (Å²) in [7, 11) is 3.76. The van der Waals surface area contributed by atoms with E-state index in [1.165, 1.54) is 4.88 Å². The molecule has 5 rings (SSSR count). The molecule has 2 fully saturated rings. The van der Waals surface area contributed by atoms with Gasteiger partial charge in [-0.3, -0.25) is 4.79 Å². The minimum absolute atomic E-state index is 0.00857. The Morgan fingerprint density at radius 3 is 2.57 bits per heavy atom. The standard InChI is InChI=1S/C29H41N3O4S/c1-18(28(34)32-14-12-31(4)13-15-32)22-10-11-29(3)16-23-26(19(2)25(29)27(22)33)30-24(37-23)17-36-21-8-6-20(35-5)7-9-21/h6-9,18-19,22,25,27,33H,10-17H2,1-5H3. The summed E-state index contributed by atoms with van der Waals surface area (Å²) in [4.78, 5) is 24.0. The number of aliphatic hydroxyl groups is 1. The first-order chi connectivity index (χ1) is 17.7. The molecule has 0 bridgehead atoms. The third-order valence-electron chi connectivity index (χ3n) is 9.23. The van der Waals surface area contributed by atoms with Crippen molar-refractivity contribution in [3.8, 4) is 11.5 Å². The number of hydrogen-bond acceptors (Lipinski definition) is 7. The van der Waals surface area contributed by atoms with Crippen LogP contribution in [0.4, 0.5) is 0 Å². The Labute approximate surface area is 224 Å². The molecule has 1 amide bonds. The quantitative estimate of drug-likeness (QED) is 0.607. The zero-order valence-electron chi connectivity index (χ0n) is 22.8. The fourth-order valence-electron chi connectivity index (χ4n) is 6.97. The van der Waals surface area contributed by atoms with Gasteiger partial charge in [0.2, 0.25) is 5.91 Å². The summed E-state index contributed by atoms with van der Waals surface area (Å²) in [6.45, 7) is 10.4. The molecule has 2 aliphatic carbocycles. The molecule has 202 valence electrons. The van der Waals surface area contributed by atoms with Crippen molar-refractivity contribution in [2.75, 3.05) is 40.3 Å². The van der Waals surface area contributed by atoms with Crippen LogP contribution in [0.25, 0.3) is 0 Å². The molecule has 37 heavy (non-hydrogen) atoms. The lowest BCUT2D eigenvalue weighted by atomic mass is 9.53. The number of likely N-dealkylation sites (N-methyl/N-ethyl adjacent to an activating group) is 1. The van der Waals surface area contributed by atoms with Crippen LogP contribution in [0.15, 0.2) is 24.3 Å². The Morgan fingerprint density at radius 1 is 1.22 bits per heavy atom. The van der Waals surface area contributed by atoms with E-state index >= 15 is 0 Å². The van der Waals surface area contributed by atoms with Crippen LogP contribution in [0, 0.1) is 23.2 Å². The predicted octanol–water partition coefficient (Wildman–Crippen LogP) is 4.19. The van der Waals surface area contributed by atoms with E-state index < -0.39 is 6.10 Å². The molecule has 1 N–H and O–H groups in total. The number of fused-ring (bicyclic) bond motifs is 2. The molecule has 1 aliphatic heterocycles. The molecule has 8 heteroatoms. The van der Waals surface area contributed by atoms with Crippen LogP contribution in [-0.4, -0.2) is 72.2 Å². The second-order valence-electron chi connectivity index (χ2n) is 11.6. The Kier molecular flexibility index (Phi) is 7.53. The highest BCUT2D eigenvalue weighted by Crippen LogP contribution is 2.57. The number of benzene rings is 1. The lowest BCUT2D eigenvalue weighted by Crippen LogP contribution is -2.55. The number of hydrogen-bond donors (Lipinski definition) is 1. The summed E-state index contributed by atoms with van der Waals surface area (Å²) < 4.78 is 11.2. The number of amides is 1. The first-order valence-electron chi connectivity index (χ1n) is 13.6. The third kappa shape index (κ3) is 5.12. The van der Waals surface area contributed by atoms with Crippen molar-refractivity contribution >= 4 is 17.2 Å². The number of nitrogens with zero attached hydrogens (tertiary/aromatic N) is 3. The van der Waals surface area contributed by atoms with E-state index in [0.29, 0.717) is 6.61 Å². The van der Waals surface area contributed by atoms with E-state index in [9.17, 15) is 9.90 Å². The van der Waals surface area contributed by atoms with Crippen molar-refractivity contribution < 1.29 is 19.4 Å². The number of aliphatic hydroxyl groups excluding tert-OH is 1. The number of carbonyl (C=O) groups is 1. The van der Waals surface area contributed by atoms with Crippen molar-refractivity contribution in [3.05, 3.63) is 39.8 Å². The summed E-state index contributed by atoms with van der Waals surface area (Å²) in [6.07, 6.45) is 2.35. The van der Waals surface area contributed by atoms with Crippen molar-refractivity contribution in [2.24, 2.45) is 23.2 Å². The van der Waals surface area contributed by atoms with Crippen LogP contribution in [0.3, 0.4) is 0 Å². The molecule has 1 aromatic heterocycles. The van der Waals surface area contributed by atoms with E-state index in [1.54, 1.807) is 18.4 Å². The Morgan fingerprint density at radius 2 is 1.89 bits per heavy atom. The Bertz CT molecular complexity index is 1100. The molecule has 1 saturated heterocycles. The van der Waals surface area contributed by atoms with Crippen LogP contribution in [0.2, 0.25) is 0 Å². The van der Waals surface area contributed by atoms with Crippen molar-refractivity contribution in [2.45, 2.75) is 58.7 Å². The van der Waals surface area contributed by atoms with E-state index in [2.05, 4.69) is 25.8 Å². The number of rotatable bonds is 6. The van der Waals surface area contributed by atoms with Crippen molar-refractivity contribution in [1.29, 1.82) is 0 Å². The van der Waals surface area contributed by atoms with Gasteiger partial charge in [0.05, 0.1) is 18.9 Å². The van der Waals surface area contributed by atoms with Gasteiger partial charge in [0.25, 0.3) is 0 Å². The summed E-state index contributed by atoms with van der Waals surface area (Å²) in [5.41, 5.74) is 1.12. The van der Waals surface area contributed by atoms with E-state index in [-0.39, 0.29) is 35.0 Å². The molecule has 2 heterocycles. The second-order valence-corrected chi connectivity index (χ2v) is 12.8. The maximum absolute atomic E-state index is 13.4. The third-order valence-corrected chi connectivity index (χ3v) is 10.3. The fourth-order valence-corrected chi connectivity index (χ4v) is 8.26. The molecular weight excluding hydrogens is 486 g/mol. The van der Waals surface area contributed by atoms with Crippen molar-refractivity contribution in [3.63, 3.8) is 0 Å². The van der Waals surface area contributed by atoms with E-state index in [0.717, 1.165) is 67.6 Å². The highest BCUT2D eigenvalue weighted by molar-refractivity contribution is 7.11. The molecule has 6 unspecified atom stereocenters. The maximum Gasteiger partial charge on any atom is 0.225 e. The van der Waals surface area contributed by atoms with Crippen LogP contribution in [0.1, 0.15) is 55.1 Å². The first kappa shape index (κ1) is 26.4. The molecule has 3 aliphatic rings. The minimum Gasteiger partial charge on any atom is -0.497 e. The summed E-state index contributed by atoms with van der Waals surface area (Å²) in [5, 5.41) is 12.7. The topological polar surface area (TPSA) is 75.1 Å². The average molecular weight is 528 g/mol. The second kappa shape index (κ2) is 10.5. The van der Waals surface area contributed by atoms with Crippen LogP contribution in [0.5, 0.6) is 11.5 Å². The molecule has 0 radical (unpaired) electrons. The zero-order valence-corrected chi connectivity index (χ0v) is 23.6. The Hall–Kier alpha value is -2.16. The number of thiazole rings is 1. The number of methoxy groups -OCH3 is 1. The number of aromatic nitrogens is 1. The lowest BCUT2D eigenvalue weighted by Gasteiger charge is -2.53. The van der Waals surface area contributed by atoms with E-state index in [4.69, 9.17) is 14.5 Å². The summed E-state index contributed by atoms with van der Waals surface area (Å²) in [6, 6.07) is 7.60. The normalized spacial score (nSPS) is 30.8. The van der Waals surface area contributed by atoms with Gasteiger partial charge in [-0.1, -0.05) is 20.8 Å². The monoisotopic (exact) mass is 527 g/mol. The smallest absolute Gasteiger partial charge is 0.225 e. The first-order valence-corrected chi connectivity index (χ1v) is 14.4. The zero-order chi connectivity index (χ0) is 26.3. The highest BCUT2D eigenvalue weighted by Gasteiger charge is 2.54. The van der Waals surface area contributed by atoms with Gasteiger partial charge in [0.1, 0.15) is 23.1 Å². The summed E-state index contributed by atoms with van der Waals surface area (Å²) in [5.74, 6) is 1.86. The van der Waals surface area contributed by atoms with Gasteiger partial charge in [-0.2, -0.15) is 0 Å². The number of ether oxygens (including phenoxy) is 2. The maximum atomic E-state index is 13.4. The van der Waals surface area contributed by atoms with Gasteiger partial charge in [0.15, 0.2) is 0 Å². The number of carbonyl (C=O) groups excluding carboxylic acids is 1. The van der Waals surface area contributed by atoms with Crippen LogP contribution < -0.4 is 9.47 Å². The lowest BCUT2D eigenvalue weighted by molar-refractivity contribution is -0.146. The summed E-state index contributed by atoms with van der Waals surface area (Å²) >= 11 is 1.75. The SMILES string of the molecule is COc1ccc(OCc2nc3c(s2)CC2(C)CCC(C(C)C(=O)N4CCN(C)CC4)C(O)C2C3C)cc1. The van der Waals surface area contributed by atoms with E-state index in [1.807, 2.05) is 36.1 Å². The largest absolute Gasteiger partial charge is 0.497 e. The highest BCUT2D eigenvalue weighted by atomic mass is 32.1. The van der Waals surface area contributed by atoms with Crippen LogP contribution >= 0.6 is 11.3 Å². The number of piperazine rings is 1. The van der Waals surface area contributed by atoms with Gasteiger partial charge in [-0.25, -0.2) is 4.98 Å². The van der Waals surface area contributed by atoms with Gasteiger partial charge in [0, 0.05) is 42.9 Å². The molecule has 7 nitrogen and oxygen atoms in total. The van der Waals surface area contributed by atoms with Gasteiger partial charge < -0.3 is 24.4 Å². The molecule has 0 spiro atoms. The average Bonchev–Trinajstić information content (AvgIpc) is 3.30. The predicted molar refractivity (Wildman–Crippen MR) is 145 cm³/mol. The molecule has 2 aromatic rings. The van der Waals surface area contributed by atoms with Gasteiger partial charge >= 0.3 is 0 Å². The molecular formula is C29H41N3O4S. The van der Waals surface area contributed by atoms with Crippen LogP contribution in [-0.2, 0) is 17.8 Å².